The van der Waals surface area contributed by atoms with Gasteiger partial charge in [0.05, 0.1) is 11.5 Å². The van der Waals surface area contributed by atoms with Crippen LogP contribution in [0.5, 0.6) is 0 Å². The van der Waals surface area contributed by atoms with Gasteiger partial charge in [-0.1, -0.05) is 0 Å². The van der Waals surface area contributed by atoms with Crippen molar-refractivity contribution < 1.29 is 28.7 Å². The highest BCUT2D eigenvalue weighted by Gasteiger charge is 2.22. The van der Waals surface area contributed by atoms with Crippen molar-refractivity contribution in [2.75, 3.05) is 26.8 Å². The summed E-state index contributed by atoms with van der Waals surface area (Å²) in [4.78, 5) is 33.5. The molecule has 0 heterocycles. The van der Waals surface area contributed by atoms with Crippen LogP contribution in [-0.4, -0.2) is 53.6 Å². The Hall–Kier alpha value is -2.55. The summed E-state index contributed by atoms with van der Waals surface area (Å²) in [7, 11) is 1.38. The molecule has 1 rings (SSSR count). The summed E-state index contributed by atoms with van der Waals surface area (Å²) >= 11 is 0. The Morgan fingerprint density at radius 2 is 2.14 bits per heavy atom. The molecule has 0 atom stereocenters. The predicted molar refractivity (Wildman–Crippen MR) is 68.5 cm³/mol. The molecule has 0 radical (unpaired) electrons. The fraction of sp³-hybridized carbons (Fsp3) is 0.333. The second-order valence-electron chi connectivity index (χ2n) is 4.04. The molecule has 1 aromatic rings. The zero-order valence-electron chi connectivity index (χ0n) is 11.1. The van der Waals surface area contributed by atoms with Gasteiger partial charge in [0, 0.05) is 25.3 Å². The molecular formula is C12H13FN2O6. The van der Waals surface area contributed by atoms with Gasteiger partial charge in [0.1, 0.15) is 6.54 Å². The molecule has 0 unspecified atom stereocenters. The molecule has 21 heavy (non-hydrogen) atoms. The van der Waals surface area contributed by atoms with Crippen LogP contribution < -0.4 is 0 Å². The molecule has 0 aliphatic heterocycles. The summed E-state index contributed by atoms with van der Waals surface area (Å²) in [6.07, 6.45) is 0. The zero-order chi connectivity index (χ0) is 16.0. The number of nitro groups is 1. The first kappa shape index (κ1) is 16.5. The first-order chi connectivity index (χ1) is 9.86. The maximum Gasteiger partial charge on any atom is 0.323 e. The Kier molecular flexibility index (Phi) is 5.73. The monoisotopic (exact) mass is 300 g/mol. The SMILES string of the molecule is COCCN(CC(=O)O)C(=O)c1ccc(F)c([N+](=O)[O-])c1. The molecule has 1 N–H and O–H groups in total. The van der Waals surface area contributed by atoms with Crippen LogP contribution in [0.2, 0.25) is 0 Å². The third kappa shape index (κ3) is 4.49. The maximum atomic E-state index is 13.2. The van der Waals surface area contributed by atoms with E-state index in [9.17, 15) is 24.1 Å². The normalized spacial score (nSPS) is 10.2. The Morgan fingerprint density at radius 3 is 2.67 bits per heavy atom. The molecule has 1 aromatic carbocycles. The number of methoxy groups -OCH3 is 1. The van der Waals surface area contributed by atoms with Gasteiger partial charge in [-0.05, 0) is 12.1 Å². The Bertz CT molecular complexity index is 563. The van der Waals surface area contributed by atoms with Gasteiger partial charge in [-0.2, -0.15) is 4.39 Å². The van der Waals surface area contributed by atoms with E-state index in [1.807, 2.05) is 0 Å². The summed E-state index contributed by atoms with van der Waals surface area (Å²) in [5.41, 5.74) is -1.01. The van der Waals surface area contributed by atoms with Crippen molar-refractivity contribution in [2.45, 2.75) is 0 Å². The van der Waals surface area contributed by atoms with Crippen LogP contribution in [0.1, 0.15) is 10.4 Å². The number of nitrogens with zero attached hydrogens (tertiary/aromatic N) is 2. The average Bonchev–Trinajstić information content (AvgIpc) is 2.42. The first-order valence-corrected chi connectivity index (χ1v) is 5.80. The van der Waals surface area contributed by atoms with Crippen LogP contribution in [0.15, 0.2) is 18.2 Å². The van der Waals surface area contributed by atoms with Crippen LogP contribution in [0.4, 0.5) is 10.1 Å². The molecule has 0 fully saturated rings. The van der Waals surface area contributed by atoms with E-state index in [1.54, 1.807) is 0 Å². The molecule has 114 valence electrons. The summed E-state index contributed by atoms with van der Waals surface area (Å²) in [6.45, 7) is -0.498. The lowest BCUT2D eigenvalue weighted by molar-refractivity contribution is -0.387. The summed E-state index contributed by atoms with van der Waals surface area (Å²) in [6, 6.07) is 2.63. The number of nitro benzene ring substituents is 1. The van der Waals surface area contributed by atoms with Crippen LogP contribution in [0, 0.1) is 15.9 Å². The van der Waals surface area contributed by atoms with Gasteiger partial charge in [0.2, 0.25) is 5.82 Å². The number of hydrogen-bond acceptors (Lipinski definition) is 5. The predicted octanol–water partition coefficient (Wildman–Crippen LogP) is 0.907. The van der Waals surface area contributed by atoms with E-state index in [2.05, 4.69) is 0 Å². The minimum absolute atomic E-state index is 0.00714. The molecule has 0 saturated heterocycles. The van der Waals surface area contributed by atoms with E-state index in [0.717, 1.165) is 23.1 Å². The number of carboxylic acids is 1. The highest BCUT2D eigenvalue weighted by atomic mass is 19.1. The molecule has 9 heteroatoms. The maximum absolute atomic E-state index is 13.2. The third-order valence-corrected chi connectivity index (χ3v) is 2.57. The van der Waals surface area contributed by atoms with Crippen LogP contribution >= 0.6 is 0 Å². The molecule has 0 aliphatic rings. The average molecular weight is 300 g/mol. The number of carbonyl (C=O) groups is 2. The molecule has 0 aliphatic carbocycles. The molecular weight excluding hydrogens is 287 g/mol. The van der Waals surface area contributed by atoms with E-state index in [1.165, 1.54) is 7.11 Å². The van der Waals surface area contributed by atoms with Gasteiger partial charge in [0.25, 0.3) is 5.91 Å². The Morgan fingerprint density at radius 1 is 1.48 bits per heavy atom. The highest BCUT2D eigenvalue weighted by molar-refractivity contribution is 5.96. The van der Waals surface area contributed by atoms with Gasteiger partial charge < -0.3 is 14.7 Å². The van der Waals surface area contributed by atoms with Gasteiger partial charge in [0.15, 0.2) is 0 Å². The minimum atomic E-state index is -1.24. The lowest BCUT2D eigenvalue weighted by Crippen LogP contribution is -2.38. The Labute approximate surface area is 118 Å². The number of carbonyl (C=O) groups excluding carboxylic acids is 1. The van der Waals surface area contributed by atoms with E-state index in [4.69, 9.17) is 9.84 Å². The lowest BCUT2D eigenvalue weighted by atomic mass is 10.1. The third-order valence-electron chi connectivity index (χ3n) is 2.57. The topological polar surface area (TPSA) is 110 Å². The van der Waals surface area contributed by atoms with Crippen molar-refractivity contribution in [1.29, 1.82) is 0 Å². The standard InChI is InChI=1S/C12H13FN2O6/c1-21-5-4-14(7-11(16)17)12(18)8-2-3-9(13)10(6-8)15(19)20/h2-3,6H,4-5,7H2,1H3,(H,16,17). The fourth-order valence-corrected chi connectivity index (χ4v) is 1.59. The van der Waals surface area contributed by atoms with Gasteiger partial charge in [-0.25, -0.2) is 0 Å². The van der Waals surface area contributed by atoms with Gasteiger partial charge in [-0.15, -0.1) is 0 Å². The zero-order valence-corrected chi connectivity index (χ0v) is 11.1. The van der Waals surface area contributed by atoms with Crippen LogP contribution in [0.3, 0.4) is 0 Å². The van der Waals surface area contributed by atoms with Gasteiger partial charge >= 0.3 is 11.7 Å². The molecule has 0 aromatic heterocycles. The van der Waals surface area contributed by atoms with Crippen molar-refractivity contribution in [3.63, 3.8) is 0 Å². The number of benzene rings is 1. The lowest BCUT2D eigenvalue weighted by Gasteiger charge is -2.20. The number of ether oxygens (including phenoxy) is 1. The minimum Gasteiger partial charge on any atom is -0.480 e. The summed E-state index contributed by atoms with van der Waals surface area (Å²) in [5, 5.41) is 19.4. The highest BCUT2D eigenvalue weighted by Crippen LogP contribution is 2.19. The summed E-state index contributed by atoms with van der Waals surface area (Å²) in [5.74, 6) is -3.06. The fourth-order valence-electron chi connectivity index (χ4n) is 1.59. The Balaban J connectivity index is 3.05. The first-order valence-electron chi connectivity index (χ1n) is 5.80. The van der Waals surface area contributed by atoms with Crippen molar-refractivity contribution in [3.8, 4) is 0 Å². The van der Waals surface area contributed by atoms with E-state index in [0.29, 0.717) is 0 Å². The molecule has 0 saturated carbocycles. The van der Waals surface area contributed by atoms with Crippen LogP contribution in [-0.2, 0) is 9.53 Å². The quantitative estimate of drug-likeness (QED) is 0.592. The summed E-state index contributed by atoms with van der Waals surface area (Å²) < 4.78 is 18.0. The number of halogens is 1. The molecule has 1 amide bonds. The van der Waals surface area contributed by atoms with Crippen LogP contribution in [0.25, 0.3) is 0 Å². The number of hydrogen-bond donors (Lipinski definition) is 1. The van der Waals surface area contributed by atoms with Crippen molar-refractivity contribution in [3.05, 3.63) is 39.7 Å². The van der Waals surface area contributed by atoms with E-state index in [-0.39, 0.29) is 18.7 Å². The largest absolute Gasteiger partial charge is 0.480 e. The van der Waals surface area contributed by atoms with E-state index < -0.39 is 34.8 Å². The number of amides is 1. The molecule has 8 nitrogen and oxygen atoms in total. The molecule has 0 bridgehead atoms. The smallest absolute Gasteiger partial charge is 0.323 e. The second-order valence-corrected chi connectivity index (χ2v) is 4.04. The number of rotatable bonds is 7. The number of aliphatic carboxylic acids is 1. The van der Waals surface area contributed by atoms with Crippen molar-refractivity contribution >= 4 is 17.6 Å². The van der Waals surface area contributed by atoms with Crippen molar-refractivity contribution in [2.24, 2.45) is 0 Å². The van der Waals surface area contributed by atoms with Gasteiger partial charge in [-0.3, -0.25) is 19.7 Å². The van der Waals surface area contributed by atoms with E-state index >= 15 is 0 Å². The number of carboxylic acid groups (broad SMARTS) is 1. The van der Waals surface area contributed by atoms with Crippen molar-refractivity contribution in [1.82, 2.24) is 4.90 Å². The second kappa shape index (κ2) is 7.29. The molecule has 0 spiro atoms.